The standard InChI is InChI=1S/C15H19ClO5/c1-4-20-13-9-11(16)14(21-5-2)8-10(13)12(17)6-7-15(18)19-3/h8-9H,4-7H2,1-3H3. The van der Waals surface area contributed by atoms with Crippen LogP contribution in [0.1, 0.15) is 37.0 Å². The average Bonchev–Trinajstić information content (AvgIpc) is 2.47. The van der Waals surface area contributed by atoms with Gasteiger partial charge in [-0.2, -0.15) is 0 Å². The lowest BCUT2D eigenvalue weighted by Crippen LogP contribution is -2.09. The Morgan fingerprint density at radius 3 is 2.24 bits per heavy atom. The van der Waals surface area contributed by atoms with Gasteiger partial charge in [-0.3, -0.25) is 9.59 Å². The van der Waals surface area contributed by atoms with Crippen LogP contribution in [-0.2, 0) is 9.53 Å². The van der Waals surface area contributed by atoms with Gasteiger partial charge in [-0.05, 0) is 19.9 Å². The molecule has 0 aromatic heterocycles. The molecule has 21 heavy (non-hydrogen) atoms. The molecule has 0 fully saturated rings. The Labute approximate surface area is 129 Å². The van der Waals surface area contributed by atoms with Crippen LogP contribution < -0.4 is 9.47 Å². The van der Waals surface area contributed by atoms with Crippen LogP contribution in [0.3, 0.4) is 0 Å². The van der Waals surface area contributed by atoms with E-state index >= 15 is 0 Å². The monoisotopic (exact) mass is 314 g/mol. The fraction of sp³-hybridized carbons (Fsp3) is 0.467. The van der Waals surface area contributed by atoms with E-state index in [1.165, 1.54) is 7.11 Å². The molecule has 0 bridgehead atoms. The predicted octanol–water partition coefficient (Wildman–Crippen LogP) is 3.27. The van der Waals surface area contributed by atoms with Gasteiger partial charge >= 0.3 is 5.97 Å². The molecule has 1 rings (SSSR count). The Balaban J connectivity index is 3.02. The number of ether oxygens (including phenoxy) is 3. The highest BCUT2D eigenvalue weighted by Crippen LogP contribution is 2.33. The van der Waals surface area contributed by atoms with Crippen LogP contribution in [0.15, 0.2) is 12.1 Å². The summed E-state index contributed by atoms with van der Waals surface area (Å²) >= 11 is 6.08. The lowest BCUT2D eigenvalue weighted by atomic mass is 10.0. The average molecular weight is 315 g/mol. The molecule has 0 atom stereocenters. The Morgan fingerprint density at radius 2 is 1.67 bits per heavy atom. The van der Waals surface area contributed by atoms with Crippen LogP contribution in [0.4, 0.5) is 0 Å². The summed E-state index contributed by atoms with van der Waals surface area (Å²) in [6.45, 7) is 4.48. The zero-order valence-electron chi connectivity index (χ0n) is 12.4. The van der Waals surface area contributed by atoms with Crippen molar-refractivity contribution in [2.75, 3.05) is 20.3 Å². The quantitative estimate of drug-likeness (QED) is 0.544. The summed E-state index contributed by atoms with van der Waals surface area (Å²) in [7, 11) is 1.29. The van der Waals surface area contributed by atoms with E-state index in [0.717, 1.165) is 0 Å². The van der Waals surface area contributed by atoms with Gasteiger partial charge in [0.15, 0.2) is 5.78 Å². The molecular weight excluding hydrogens is 296 g/mol. The summed E-state index contributed by atoms with van der Waals surface area (Å²) in [4.78, 5) is 23.4. The number of carbonyl (C=O) groups excluding carboxylic acids is 2. The van der Waals surface area contributed by atoms with Gasteiger partial charge in [-0.15, -0.1) is 0 Å². The molecule has 1 aromatic carbocycles. The lowest BCUT2D eigenvalue weighted by Gasteiger charge is -2.13. The Kier molecular flexibility index (Phi) is 7.02. The van der Waals surface area contributed by atoms with Gasteiger partial charge in [0.25, 0.3) is 0 Å². The summed E-state index contributed by atoms with van der Waals surface area (Å²) in [6.07, 6.45) is 0.0629. The van der Waals surface area contributed by atoms with E-state index in [4.69, 9.17) is 21.1 Å². The number of halogens is 1. The minimum absolute atomic E-state index is 0.0213. The molecule has 0 spiro atoms. The van der Waals surface area contributed by atoms with Gasteiger partial charge < -0.3 is 14.2 Å². The molecule has 0 aliphatic carbocycles. The smallest absolute Gasteiger partial charge is 0.305 e. The predicted molar refractivity (Wildman–Crippen MR) is 79.4 cm³/mol. The van der Waals surface area contributed by atoms with Crippen molar-refractivity contribution in [3.63, 3.8) is 0 Å². The topological polar surface area (TPSA) is 61.8 Å². The van der Waals surface area contributed by atoms with Crippen molar-refractivity contribution >= 4 is 23.4 Å². The maximum absolute atomic E-state index is 12.2. The van der Waals surface area contributed by atoms with Gasteiger partial charge in [0, 0.05) is 12.5 Å². The fourth-order valence-corrected chi connectivity index (χ4v) is 1.95. The number of carbonyl (C=O) groups is 2. The Morgan fingerprint density at radius 1 is 1.05 bits per heavy atom. The number of rotatable bonds is 8. The SMILES string of the molecule is CCOc1cc(C(=O)CCC(=O)OC)c(OCC)cc1Cl. The molecule has 116 valence electrons. The van der Waals surface area contributed by atoms with Crippen molar-refractivity contribution < 1.29 is 23.8 Å². The van der Waals surface area contributed by atoms with E-state index in [0.29, 0.717) is 35.3 Å². The maximum Gasteiger partial charge on any atom is 0.305 e. The van der Waals surface area contributed by atoms with E-state index in [1.807, 2.05) is 13.8 Å². The normalized spacial score (nSPS) is 10.1. The summed E-state index contributed by atoms with van der Waals surface area (Å²) in [5.41, 5.74) is 0.355. The van der Waals surface area contributed by atoms with Crippen LogP contribution in [-0.4, -0.2) is 32.1 Å². The second-order valence-electron chi connectivity index (χ2n) is 4.14. The number of Topliss-reactive ketones (excluding diaryl/α,β-unsaturated/α-hetero) is 1. The van der Waals surface area contributed by atoms with Crippen molar-refractivity contribution in [3.05, 3.63) is 22.7 Å². The van der Waals surface area contributed by atoms with Gasteiger partial charge in [0.1, 0.15) is 11.5 Å². The van der Waals surface area contributed by atoms with E-state index in [-0.39, 0.29) is 18.6 Å². The minimum atomic E-state index is -0.430. The molecule has 0 saturated carbocycles. The summed E-state index contributed by atoms with van der Waals surface area (Å²) in [5.74, 6) is 0.159. The number of esters is 1. The summed E-state index contributed by atoms with van der Waals surface area (Å²) in [6, 6.07) is 3.11. The Bertz CT molecular complexity index is 513. The molecule has 5 nitrogen and oxygen atoms in total. The van der Waals surface area contributed by atoms with Crippen LogP contribution in [0, 0.1) is 0 Å². The number of hydrogen-bond donors (Lipinski definition) is 0. The van der Waals surface area contributed by atoms with Crippen molar-refractivity contribution in [2.24, 2.45) is 0 Å². The van der Waals surface area contributed by atoms with Gasteiger partial charge in [-0.1, -0.05) is 11.6 Å². The largest absolute Gasteiger partial charge is 0.493 e. The van der Waals surface area contributed by atoms with Crippen molar-refractivity contribution in [1.29, 1.82) is 0 Å². The first-order valence-electron chi connectivity index (χ1n) is 6.72. The first kappa shape index (κ1) is 17.3. The maximum atomic E-state index is 12.2. The van der Waals surface area contributed by atoms with E-state index < -0.39 is 5.97 Å². The van der Waals surface area contributed by atoms with Gasteiger partial charge in [0.05, 0.1) is 37.3 Å². The van der Waals surface area contributed by atoms with Crippen molar-refractivity contribution in [1.82, 2.24) is 0 Å². The molecule has 0 amide bonds. The highest BCUT2D eigenvalue weighted by Gasteiger charge is 2.18. The zero-order valence-corrected chi connectivity index (χ0v) is 13.2. The molecule has 6 heteroatoms. The highest BCUT2D eigenvalue weighted by atomic mass is 35.5. The first-order chi connectivity index (χ1) is 10.0. The molecule has 0 saturated heterocycles. The summed E-state index contributed by atoms with van der Waals surface area (Å²) in [5, 5.41) is 0.379. The number of methoxy groups -OCH3 is 1. The molecule has 0 unspecified atom stereocenters. The molecular formula is C15H19ClO5. The highest BCUT2D eigenvalue weighted by molar-refractivity contribution is 6.32. The summed E-state index contributed by atoms with van der Waals surface area (Å²) < 4.78 is 15.3. The second-order valence-corrected chi connectivity index (χ2v) is 4.55. The molecule has 0 aliphatic heterocycles. The minimum Gasteiger partial charge on any atom is -0.493 e. The third-order valence-corrected chi connectivity index (χ3v) is 3.01. The van der Waals surface area contributed by atoms with E-state index in [1.54, 1.807) is 12.1 Å². The van der Waals surface area contributed by atoms with Crippen LogP contribution >= 0.6 is 11.6 Å². The Hall–Kier alpha value is -1.75. The lowest BCUT2D eigenvalue weighted by molar-refractivity contribution is -0.140. The molecule has 0 N–H and O–H groups in total. The molecule has 0 aliphatic rings. The van der Waals surface area contributed by atoms with Crippen LogP contribution in [0.2, 0.25) is 5.02 Å². The first-order valence-corrected chi connectivity index (χ1v) is 7.10. The zero-order chi connectivity index (χ0) is 15.8. The fourth-order valence-electron chi connectivity index (χ4n) is 1.75. The van der Waals surface area contributed by atoms with Gasteiger partial charge in [-0.25, -0.2) is 0 Å². The molecule has 0 heterocycles. The third kappa shape index (κ3) is 4.93. The van der Waals surface area contributed by atoms with E-state index in [2.05, 4.69) is 4.74 Å². The van der Waals surface area contributed by atoms with Crippen LogP contribution in [0.5, 0.6) is 11.5 Å². The van der Waals surface area contributed by atoms with Crippen LogP contribution in [0.25, 0.3) is 0 Å². The third-order valence-electron chi connectivity index (χ3n) is 2.72. The second kappa shape index (κ2) is 8.52. The number of hydrogen-bond acceptors (Lipinski definition) is 5. The van der Waals surface area contributed by atoms with Crippen molar-refractivity contribution in [2.45, 2.75) is 26.7 Å². The van der Waals surface area contributed by atoms with Gasteiger partial charge in [0.2, 0.25) is 0 Å². The number of benzene rings is 1. The number of ketones is 1. The molecule has 0 radical (unpaired) electrons. The molecule has 1 aromatic rings. The van der Waals surface area contributed by atoms with E-state index in [9.17, 15) is 9.59 Å². The van der Waals surface area contributed by atoms with Crippen molar-refractivity contribution in [3.8, 4) is 11.5 Å².